The van der Waals surface area contributed by atoms with Gasteiger partial charge in [-0.05, 0) is 72.9 Å². The van der Waals surface area contributed by atoms with Crippen LogP contribution >= 0.6 is 0 Å². The molecule has 1 aliphatic carbocycles. The quantitative estimate of drug-likeness (QED) is 0.232. The van der Waals surface area contributed by atoms with Gasteiger partial charge in [0.1, 0.15) is 0 Å². The van der Waals surface area contributed by atoms with E-state index in [0.717, 1.165) is 22.3 Å². The van der Waals surface area contributed by atoms with E-state index in [1.165, 1.54) is 9.21 Å². The van der Waals surface area contributed by atoms with Crippen molar-refractivity contribution in [3.63, 3.8) is 0 Å². The fourth-order valence-electron chi connectivity index (χ4n) is 6.23. The van der Waals surface area contributed by atoms with Crippen molar-refractivity contribution in [2.75, 3.05) is 54.1 Å². The van der Waals surface area contributed by atoms with Crippen molar-refractivity contribution < 1.29 is 37.0 Å². The van der Waals surface area contributed by atoms with Crippen molar-refractivity contribution in [1.29, 1.82) is 0 Å². The lowest BCUT2D eigenvalue weighted by Crippen LogP contribution is -2.51. The summed E-state index contributed by atoms with van der Waals surface area (Å²) in [5.74, 6) is 0.557. The predicted octanol–water partition coefficient (Wildman–Crippen LogP) is 4.75. The normalized spacial score (nSPS) is 15.8. The van der Waals surface area contributed by atoms with Gasteiger partial charge in [-0.2, -0.15) is 4.31 Å². The largest absolute Gasteiger partial charge is 0.493 e. The van der Waals surface area contributed by atoms with Gasteiger partial charge in [0, 0.05) is 31.6 Å². The molecule has 3 aromatic carbocycles. The molecule has 0 spiro atoms. The van der Waals surface area contributed by atoms with Crippen LogP contribution in [0.3, 0.4) is 0 Å². The Bertz CT molecular complexity index is 1990. The summed E-state index contributed by atoms with van der Waals surface area (Å²) in [4.78, 5) is 33.5. The second kappa shape index (κ2) is 13.7. The van der Waals surface area contributed by atoms with Gasteiger partial charge >= 0.3 is 5.97 Å². The summed E-state index contributed by atoms with van der Waals surface area (Å²) in [5, 5.41) is 0.651. The van der Waals surface area contributed by atoms with Crippen LogP contribution in [-0.4, -0.2) is 88.6 Å². The molecule has 4 aromatic rings. The highest BCUT2D eigenvalue weighted by molar-refractivity contribution is 7.89. The maximum Gasteiger partial charge on any atom is 0.339 e. The average Bonchev–Trinajstić information content (AvgIpc) is 3.50. The Labute approximate surface area is 279 Å². The van der Waals surface area contributed by atoms with E-state index in [9.17, 15) is 18.0 Å². The number of carbonyl (C=O) groups excluding carboxylic acids is 2. The van der Waals surface area contributed by atoms with Crippen LogP contribution < -0.4 is 14.2 Å². The first-order chi connectivity index (χ1) is 23.1. The number of rotatable bonds is 9. The number of ether oxygens (including phenoxy) is 4. The summed E-state index contributed by atoms with van der Waals surface area (Å²) >= 11 is 0. The number of fused-ring (bicyclic) bond motifs is 2. The Morgan fingerprint density at radius 2 is 1.54 bits per heavy atom. The third-order valence-electron chi connectivity index (χ3n) is 8.75. The molecule has 1 aromatic heterocycles. The number of nitrogens with zero attached hydrogens (tertiary/aromatic N) is 3. The highest BCUT2D eigenvalue weighted by Crippen LogP contribution is 2.41. The maximum absolute atomic E-state index is 13.7. The molecule has 0 unspecified atom stereocenters. The van der Waals surface area contributed by atoms with Gasteiger partial charge in [-0.1, -0.05) is 35.9 Å². The summed E-state index contributed by atoms with van der Waals surface area (Å²) in [7, 11) is 1.00. The molecular weight excluding hydrogens is 634 g/mol. The first kappa shape index (κ1) is 33.0. The first-order valence-corrected chi connectivity index (χ1v) is 17.0. The minimum atomic E-state index is -3.67. The molecule has 1 fully saturated rings. The third-order valence-corrected chi connectivity index (χ3v) is 10.7. The minimum absolute atomic E-state index is 0.152. The number of esters is 1. The fourth-order valence-corrected chi connectivity index (χ4v) is 7.65. The fraction of sp³-hybridized carbons (Fsp3) is 0.306. The second-order valence-corrected chi connectivity index (χ2v) is 13.6. The highest BCUT2D eigenvalue weighted by Gasteiger charge is 2.32. The summed E-state index contributed by atoms with van der Waals surface area (Å²) < 4.78 is 49.7. The van der Waals surface area contributed by atoms with Crippen molar-refractivity contribution in [2.24, 2.45) is 0 Å². The lowest BCUT2D eigenvalue weighted by Gasteiger charge is -2.33. The van der Waals surface area contributed by atoms with E-state index >= 15 is 0 Å². The molecule has 0 atom stereocenters. The lowest BCUT2D eigenvalue weighted by molar-refractivity contribution is -0.135. The number of pyridine rings is 1. The number of benzene rings is 3. The molecule has 12 heteroatoms. The van der Waals surface area contributed by atoms with E-state index in [1.54, 1.807) is 45.6 Å². The smallest absolute Gasteiger partial charge is 0.339 e. The number of aromatic nitrogens is 1. The van der Waals surface area contributed by atoms with E-state index in [1.807, 2.05) is 49.4 Å². The van der Waals surface area contributed by atoms with Crippen LogP contribution in [0.5, 0.6) is 17.2 Å². The molecule has 48 heavy (non-hydrogen) atoms. The molecule has 1 aliphatic heterocycles. The van der Waals surface area contributed by atoms with Gasteiger partial charge in [0.25, 0.3) is 5.91 Å². The van der Waals surface area contributed by atoms with Crippen LogP contribution in [0, 0.1) is 6.92 Å². The summed E-state index contributed by atoms with van der Waals surface area (Å²) in [6.07, 6.45) is 3.21. The van der Waals surface area contributed by atoms with Crippen molar-refractivity contribution in [1.82, 2.24) is 14.2 Å². The monoisotopic (exact) mass is 671 g/mol. The standard InChI is InChI=1S/C36H37N3O8S/c1-23-9-12-26(13-10-23)48(42,43)39-17-15-38(16-18-39)32(40)22-47-36(41)33-27-7-5-6-8-29(27)37-34-25(11-14-28(33)34)19-24-20-30(44-2)35(46-4)31(21-24)45-3/h5-10,12-13,19-21H,11,14-18,22H2,1-4H3/b25-19+. The molecular formula is C36H37N3O8S. The van der Waals surface area contributed by atoms with Crippen LogP contribution in [0.4, 0.5) is 0 Å². The number of hydrogen-bond donors (Lipinski definition) is 0. The molecule has 1 saturated heterocycles. The molecule has 0 N–H and O–H groups in total. The molecule has 0 radical (unpaired) electrons. The number of para-hydroxylation sites is 1. The van der Waals surface area contributed by atoms with Crippen LogP contribution in [0.15, 0.2) is 65.6 Å². The maximum atomic E-state index is 13.7. The Morgan fingerprint density at radius 1 is 0.875 bits per heavy atom. The van der Waals surface area contributed by atoms with Gasteiger partial charge in [0.2, 0.25) is 15.8 Å². The van der Waals surface area contributed by atoms with E-state index in [0.29, 0.717) is 52.3 Å². The molecule has 11 nitrogen and oxygen atoms in total. The zero-order valence-electron chi connectivity index (χ0n) is 27.3. The molecule has 250 valence electrons. The number of carbonyl (C=O) groups is 2. The Morgan fingerprint density at radius 3 is 2.19 bits per heavy atom. The van der Waals surface area contributed by atoms with E-state index < -0.39 is 22.6 Å². The topological polar surface area (TPSA) is 125 Å². The van der Waals surface area contributed by atoms with Crippen LogP contribution in [0.2, 0.25) is 0 Å². The number of sulfonamides is 1. The molecule has 1 amide bonds. The van der Waals surface area contributed by atoms with Gasteiger partial charge in [-0.3, -0.25) is 4.79 Å². The van der Waals surface area contributed by atoms with Crippen LogP contribution in [0.1, 0.15) is 39.2 Å². The number of allylic oxidation sites excluding steroid dienone is 1. The van der Waals surface area contributed by atoms with Crippen molar-refractivity contribution in [3.05, 3.63) is 88.6 Å². The number of hydrogen-bond acceptors (Lipinski definition) is 9. The second-order valence-electron chi connectivity index (χ2n) is 11.6. The van der Waals surface area contributed by atoms with Crippen LogP contribution in [-0.2, 0) is 26.0 Å². The SMILES string of the molecule is COc1cc(/C=C2\CCc3c2nc2ccccc2c3C(=O)OCC(=O)N2CCN(S(=O)(=O)c3ccc(C)cc3)CC2)cc(OC)c1OC. The van der Waals surface area contributed by atoms with Gasteiger partial charge in [-0.15, -0.1) is 0 Å². The van der Waals surface area contributed by atoms with E-state index in [2.05, 4.69) is 0 Å². The van der Waals surface area contributed by atoms with Gasteiger partial charge in [0.05, 0.1) is 43.0 Å². The molecule has 2 heterocycles. The van der Waals surface area contributed by atoms with Crippen LogP contribution in [0.25, 0.3) is 22.6 Å². The highest BCUT2D eigenvalue weighted by atomic mass is 32.2. The summed E-state index contributed by atoms with van der Waals surface area (Å²) in [6.45, 7) is 2.14. The molecule has 2 aliphatic rings. The van der Waals surface area contributed by atoms with Gasteiger partial charge in [0.15, 0.2) is 18.1 Å². The predicted molar refractivity (Wildman–Crippen MR) is 181 cm³/mol. The van der Waals surface area contributed by atoms with Crippen molar-refractivity contribution in [2.45, 2.75) is 24.7 Å². The first-order valence-electron chi connectivity index (χ1n) is 15.6. The Balaban J connectivity index is 1.19. The number of amides is 1. The zero-order valence-corrected chi connectivity index (χ0v) is 28.1. The molecule has 0 bridgehead atoms. The van der Waals surface area contributed by atoms with Crippen molar-refractivity contribution >= 4 is 44.5 Å². The third kappa shape index (κ3) is 6.33. The Hall–Kier alpha value is -4.94. The van der Waals surface area contributed by atoms with E-state index in [-0.39, 0.29) is 37.0 Å². The van der Waals surface area contributed by atoms with E-state index in [4.69, 9.17) is 23.9 Å². The summed E-state index contributed by atoms with van der Waals surface area (Å²) in [5.41, 5.74) is 5.23. The Kier molecular flexibility index (Phi) is 9.38. The van der Waals surface area contributed by atoms with Crippen molar-refractivity contribution in [3.8, 4) is 17.2 Å². The lowest BCUT2D eigenvalue weighted by atomic mass is 10.0. The number of methoxy groups -OCH3 is 3. The minimum Gasteiger partial charge on any atom is -0.493 e. The number of aryl methyl sites for hydroxylation is 1. The molecule has 6 rings (SSSR count). The van der Waals surface area contributed by atoms with Gasteiger partial charge in [-0.25, -0.2) is 18.2 Å². The average molecular weight is 672 g/mol. The zero-order chi connectivity index (χ0) is 34.0. The van der Waals surface area contributed by atoms with Gasteiger partial charge < -0.3 is 23.8 Å². The molecule has 0 saturated carbocycles. The number of piperazine rings is 1. The summed E-state index contributed by atoms with van der Waals surface area (Å²) in [6, 6.07) is 17.8.